The van der Waals surface area contributed by atoms with Gasteiger partial charge in [-0.15, -0.1) is 0 Å². The summed E-state index contributed by atoms with van der Waals surface area (Å²) in [6.45, 7) is 5.77. The fourth-order valence-corrected chi connectivity index (χ4v) is 5.10. The molecule has 4 rings (SSSR count). The summed E-state index contributed by atoms with van der Waals surface area (Å²) in [6.07, 6.45) is -7.31. The number of hydrogen-bond acceptors (Lipinski definition) is 8. The zero-order valence-corrected chi connectivity index (χ0v) is 24.3. The number of fused-ring (bicyclic) bond motifs is 3. The fraction of sp³-hybridized carbons (Fsp3) is 0.593. The van der Waals surface area contributed by atoms with E-state index in [1.807, 2.05) is 13.8 Å². The van der Waals surface area contributed by atoms with Crippen molar-refractivity contribution in [3.05, 3.63) is 39.9 Å². The van der Waals surface area contributed by atoms with E-state index < -0.39 is 52.7 Å². The van der Waals surface area contributed by atoms with Crippen LogP contribution in [-0.4, -0.2) is 83.4 Å². The van der Waals surface area contributed by atoms with E-state index in [1.54, 1.807) is 10.00 Å². The van der Waals surface area contributed by atoms with Gasteiger partial charge in [-0.05, 0) is 18.9 Å². The van der Waals surface area contributed by atoms with Crippen LogP contribution in [0, 0.1) is 5.92 Å². The Labute approximate surface area is 248 Å². The number of anilines is 3. The molecule has 2 aliphatic rings. The number of alkyl halides is 6. The van der Waals surface area contributed by atoms with E-state index in [1.165, 1.54) is 16.7 Å². The molecule has 1 fully saturated rings. The minimum absolute atomic E-state index is 0.00198. The first-order chi connectivity index (χ1) is 20.6. The molecule has 44 heavy (non-hydrogen) atoms. The maximum absolute atomic E-state index is 13.6. The summed E-state index contributed by atoms with van der Waals surface area (Å²) in [5, 5.41) is 7.70. The van der Waals surface area contributed by atoms with Crippen LogP contribution in [0.1, 0.15) is 44.7 Å². The zero-order valence-electron chi connectivity index (χ0n) is 24.3. The van der Waals surface area contributed by atoms with Gasteiger partial charge in [0.2, 0.25) is 5.91 Å². The van der Waals surface area contributed by atoms with Crippen molar-refractivity contribution in [1.82, 2.24) is 20.1 Å². The minimum Gasteiger partial charge on any atom is -0.379 e. The highest BCUT2D eigenvalue weighted by Crippen LogP contribution is 2.40. The average Bonchev–Trinajstić information content (AvgIpc) is 2.95. The highest BCUT2D eigenvalue weighted by atomic mass is 19.4. The second-order valence-corrected chi connectivity index (χ2v) is 10.9. The van der Waals surface area contributed by atoms with Crippen molar-refractivity contribution in [2.24, 2.45) is 5.92 Å². The average molecular weight is 634 g/mol. The van der Waals surface area contributed by atoms with Crippen LogP contribution in [0.4, 0.5) is 43.5 Å². The summed E-state index contributed by atoms with van der Waals surface area (Å²) < 4.78 is 85.6. The molecule has 1 saturated heterocycles. The Kier molecular flexibility index (Phi) is 9.75. The summed E-state index contributed by atoms with van der Waals surface area (Å²) in [7, 11) is 0. The van der Waals surface area contributed by atoms with Crippen molar-refractivity contribution in [1.29, 1.82) is 0 Å². The molecule has 11 nitrogen and oxygen atoms in total. The Morgan fingerprint density at radius 2 is 1.86 bits per heavy atom. The Hall–Kier alpha value is -3.89. The van der Waals surface area contributed by atoms with Gasteiger partial charge in [-0.2, -0.15) is 31.4 Å². The van der Waals surface area contributed by atoms with Crippen molar-refractivity contribution < 1.29 is 40.7 Å². The largest absolute Gasteiger partial charge is 0.423 e. The molecule has 3 atom stereocenters. The minimum atomic E-state index is -4.90. The maximum atomic E-state index is 13.6. The number of H-pyrrole nitrogens is 1. The molecule has 2 aromatic heterocycles. The van der Waals surface area contributed by atoms with Crippen LogP contribution in [-0.2, 0) is 26.7 Å². The summed E-state index contributed by atoms with van der Waals surface area (Å²) in [5.41, 5.74) is -4.16. The van der Waals surface area contributed by atoms with Gasteiger partial charge in [0.05, 0.1) is 49.3 Å². The van der Waals surface area contributed by atoms with E-state index in [0.29, 0.717) is 6.42 Å². The molecule has 242 valence electrons. The molecule has 2 N–H and O–H groups in total. The molecule has 0 saturated carbocycles. The third-order valence-corrected chi connectivity index (χ3v) is 7.58. The summed E-state index contributed by atoms with van der Waals surface area (Å²) in [4.78, 5) is 46.8. The molecule has 2 aromatic rings. The molecule has 4 heterocycles. The van der Waals surface area contributed by atoms with Gasteiger partial charge in [-0.1, -0.05) is 20.3 Å². The van der Waals surface area contributed by atoms with Crippen LogP contribution in [0.5, 0.6) is 0 Å². The number of hydrogen-bond donors (Lipinski definition) is 2. The van der Waals surface area contributed by atoms with E-state index in [4.69, 9.17) is 4.74 Å². The van der Waals surface area contributed by atoms with Crippen molar-refractivity contribution in [2.75, 3.05) is 54.5 Å². The third-order valence-electron chi connectivity index (χ3n) is 7.58. The summed E-state index contributed by atoms with van der Waals surface area (Å²) >= 11 is 0. The molecule has 0 bridgehead atoms. The standard InChI is InChI=1S/C27H33F6N7O4/c1-4-15(2)12-40-19-9-17(26(28,29)30)10-34-23(19)39-7-6-38(13-20(39)25(40)43)21(41)5-8-44-14-16(3)36-18-11-35-37-24(42)22(18)27(31,32)33/h9-11,15-16,20H,4-8,12-14H2,1-3H3,(H2,36,37,42)/t15-,16-,20-/m0/s1. The topological polar surface area (TPSA) is 124 Å². The maximum Gasteiger partial charge on any atom is 0.423 e. The Bertz CT molecular complexity index is 1420. The van der Waals surface area contributed by atoms with Crippen molar-refractivity contribution in [2.45, 2.75) is 58.0 Å². The SMILES string of the molecule is CC[C@H](C)CN1C(=O)[C@@H]2CN(C(=O)CCOC[C@H](C)Nc3cn[nH]c(=O)c3C(F)(F)F)CCN2c2ncc(C(F)(F)F)cc21. The van der Waals surface area contributed by atoms with Crippen molar-refractivity contribution in [3.8, 4) is 0 Å². The second-order valence-electron chi connectivity index (χ2n) is 10.9. The number of nitrogens with one attached hydrogen (secondary N) is 2. The predicted octanol–water partition coefficient (Wildman–Crippen LogP) is 3.52. The number of carbonyl (C=O) groups excluding carboxylic acids is 2. The second kappa shape index (κ2) is 13.0. The molecule has 2 amide bonds. The molecule has 0 aromatic carbocycles. The molecule has 0 spiro atoms. The number of carbonyl (C=O) groups is 2. The predicted molar refractivity (Wildman–Crippen MR) is 147 cm³/mol. The van der Waals surface area contributed by atoms with Crippen LogP contribution >= 0.6 is 0 Å². The van der Waals surface area contributed by atoms with Gasteiger partial charge in [0.1, 0.15) is 11.6 Å². The van der Waals surface area contributed by atoms with E-state index in [0.717, 1.165) is 18.5 Å². The third kappa shape index (κ3) is 7.25. The van der Waals surface area contributed by atoms with Crippen molar-refractivity contribution in [3.63, 3.8) is 0 Å². The molecular formula is C27H33F6N7O4. The van der Waals surface area contributed by atoms with Gasteiger partial charge < -0.3 is 24.8 Å². The number of pyridine rings is 1. The number of rotatable bonds is 10. The lowest BCUT2D eigenvalue weighted by molar-refractivity contribution is -0.138. The van der Waals surface area contributed by atoms with Gasteiger partial charge in [0, 0.05) is 31.9 Å². The summed E-state index contributed by atoms with van der Waals surface area (Å²) in [6, 6.07) is -0.552. The highest BCUT2D eigenvalue weighted by molar-refractivity contribution is 6.05. The van der Waals surface area contributed by atoms with Crippen molar-refractivity contribution >= 4 is 29.0 Å². The quantitative estimate of drug-likeness (QED) is 0.301. The Morgan fingerprint density at radius 1 is 1.14 bits per heavy atom. The van der Waals surface area contributed by atoms with Crippen LogP contribution in [0.15, 0.2) is 23.3 Å². The number of aromatic amines is 1. The lowest BCUT2D eigenvalue weighted by Crippen LogP contribution is -2.64. The summed E-state index contributed by atoms with van der Waals surface area (Å²) in [5.74, 6) is -0.481. The number of ether oxygens (including phenoxy) is 1. The molecular weight excluding hydrogens is 600 g/mol. The number of aromatic nitrogens is 3. The van der Waals surface area contributed by atoms with E-state index in [2.05, 4.69) is 15.4 Å². The number of piperazine rings is 1. The van der Waals surface area contributed by atoms with Gasteiger partial charge in [0.15, 0.2) is 5.82 Å². The van der Waals surface area contributed by atoms with E-state index >= 15 is 0 Å². The van der Waals surface area contributed by atoms with Crippen LogP contribution < -0.4 is 20.7 Å². The van der Waals surface area contributed by atoms with E-state index in [9.17, 15) is 40.7 Å². The number of halogens is 6. The fourth-order valence-electron chi connectivity index (χ4n) is 5.10. The first kappa shape index (κ1) is 33.0. The van der Waals surface area contributed by atoms with Crippen LogP contribution in [0.2, 0.25) is 0 Å². The lowest BCUT2D eigenvalue weighted by Gasteiger charge is -2.47. The normalized spacial score (nSPS) is 18.5. The Balaban J connectivity index is 1.37. The Morgan fingerprint density at radius 3 is 2.52 bits per heavy atom. The van der Waals surface area contributed by atoms with Gasteiger partial charge in [-0.3, -0.25) is 14.4 Å². The van der Waals surface area contributed by atoms with E-state index in [-0.39, 0.29) is 69.1 Å². The number of nitrogens with zero attached hydrogens (tertiary/aromatic N) is 5. The zero-order chi connectivity index (χ0) is 32.4. The molecule has 2 aliphatic heterocycles. The van der Waals surface area contributed by atoms with Crippen LogP contribution in [0.25, 0.3) is 0 Å². The smallest absolute Gasteiger partial charge is 0.379 e. The van der Waals surface area contributed by atoms with Crippen LogP contribution in [0.3, 0.4) is 0 Å². The first-order valence-corrected chi connectivity index (χ1v) is 14.0. The molecule has 0 unspecified atom stereocenters. The lowest BCUT2D eigenvalue weighted by atomic mass is 10.0. The first-order valence-electron chi connectivity index (χ1n) is 14.0. The van der Waals surface area contributed by atoms with Gasteiger partial charge in [-0.25, -0.2) is 10.1 Å². The van der Waals surface area contributed by atoms with Gasteiger partial charge in [0.25, 0.3) is 11.5 Å². The molecule has 17 heteroatoms. The monoisotopic (exact) mass is 633 g/mol. The highest BCUT2D eigenvalue weighted by Gasteiger charge is 2.45. The number of amides is 2. The molecule has 0 aliphatic carbocycles. The van der Waals surface area contributed by atoms with Gasteiger partial charge >= 0.3 is 12.4 Å². The molecule has 0 radical (unpaired) electrons.